The third-order valence-corrected chi connectivity index (χ3v) is 11.4. The van der Waals surface area contributed by atoms with Gasteiger partial charge in [0.25, 0.3) is 0 Å². The molecule has 10 unspecified atom stereocenters. The van der Waals surface area contributed by atoms with Gasteiger partial charge in [0.05, 0.1) is 6.10 Å². The van der Waals surface area contributed by atoms with Crippen LogP contribution in [0.15, 0.2) is 0 Å². The van der Waals surface area contributed by atoms with E-state index in [4.69, 9.17) is 0 Å². The smallest absolute Gasteiger partial charge is 0.0543 e. The van der Waals surface area contributed by atoms with Gasteiger partial charge in [0, 0.05) is 0 Å². The van der Waals surface area contributed by atoms with Crippen LogP contribution in [0.4, 0.5) is 0 Å². The van der Waals surface area contributed by atoms with Crippen LogP contribution in [-0.4, -0.2) is 11.2 Å². The minimum atomic E-state index is -0.00371. The minimum Gasteiger partial charge on any atom is -0.393 e. The van der Waals surface area contributed by atoms with E-state index in [-0.39, 0.29) is 6.10 Å². The largest absolute Gasteiger partial charge is 0.393 e. The van der Waals surface area contributed by atoms with E-state index in [0.29, 0.717) is 10.8 Å². The monoisotopic (exact) mass is 372 g/mol. The molecule has 0 spiro atoms. The Hall–Kier alpha value is -0.0400. The Morgan fingerprint density at radius 1 is 0.815 bits per heavy atom. The second-order valence-corrected chi connectivity index (χ2v) is 12.3. The summed E-state index contributed by atoms with van der Waals surface area (Å²) in [5.41, 5.74) is 1.16. The molecular formula is C26H44O. The molecule has 5 aliphatic rings. The summed E-state index contributed by atoms with van der Waals surface area (Å²) < 4.78 is 0. The number of fused-ring (bicyclic) bond motifs is 5. The first-order valence-electron chi connectivity index (χ1n) is 12.6. The number of aliphatic hydroxyl groups excluding tert-OH is 1. The highest BCUT2D eigenvalue weighted by Crippen LogP contribution is 2.70. The van der Waals surface area contributed by atoms with Gasteiger partial charge in [-0.05, 0) is 122 Å². The molecule has 0 aromatic rings. The van der Waals surface area contributed by atoms with Crippen LogP contribution in [0.5, 0.6) is 0 Å². The van der Waals surface area contributed by atoms with Gasteiger partial charge >= 0.3 is 0 Å². The van der Waals surface area contributed by atoms with Crippen molar-refractivity contribution in [1.82, 2.24) is 0 Å². The summed E-state index contributed by atoms with van der Waals surface area (Å²) in [7, 11) is 0. The molecule has 0 aromatic heterocycles. The molecule has 5 saturated carbocycles. The summed E-state index contributed by atoms with van der Waals surface area (Å²) in [6.45, 7) is 10.3. The zero-order valence-corrected chi connectivity index (χ0v) is 18.4. The van der Waals surface area contributed by atoms with Gasteiger partial charge in [0.2, 0.25) is 0 Å². The van der Waals surface area contributed by atoms with Crippen molar-refractivity contribution in [3.63, 3.8) is 0 Å². The molecule has 5 fully saturated rings. The number of hydrogen-bond acceptors (Lipinski definition) is 1. The Kier molecular flexibility index (Phi) is 4.55. The standard InChI is InChI=1S/C26H44O/c1-5-16(2)21-8-9-22-20-15-19(17-6-7-17)24-14-18(27)10-12-26(24,4)23(20)11-13-25(21,22)3/h16-24,27H,5-15H2,1-4H3. The van der Waals surface area contributed by atoms with Crippen molar-refractivity contribution >= 4 is 0 Å². The lowest BCUT2D eigenvalue weighted by molar-refractivity contribution is -0.155. The summed E-state index contributed by atoms with van der Waals surface area (Å²) in [5, 5.41) is 10.5. The lowest BCUT2D eigenvalue weighted by atomic mass is 9.42. The van der Waals surface area contributed by atoms with Gasteiger partial charge in [-0.1, -0.05) is 34.1 Å². The summed E-state index contributed by atoms with van der Waals surface area (Å²) in [6.07, 6.45) is 15.4. The molecule has 0 aromatic carbocycles. The van der Waals surface area contributed by atoms with E-state index in [1.165, 1.54) is 57.8 Å². The summed E-state index contributed by atoms with van der Waals surface area (Å²) in [4.78, 5) is 0. The Morgan fingerprint density at radius 3 is 2.22 bits per heavy atom. The van der Waals surface area contributed by atoms with Crippen LogP contribution >= 0.6 is 0 Å². The van der Waals surface area contributed by atoms with Gasteiger partial charge in [-0.25, -0.2) is 0 Å². The lowest BCUT2D eigenvalue weighted by Crippen LogP contribution is -2.57. The average molecular weight is 373 g/mol. The van der Waals surface area contributed by atoms with E-state index in [1.807, 2.05) is 0 Å². The molecule has 0 saturated heterocycles. The molecule has 0 amide bonds. The first-order chi connectivity index (χ1) is 12.9. The van der Waals surface area contributed by atoms with E-state index in [2.05, 4.69) is 27.7 Å². The van der Waals surface area contributed by atoms with Crippen LogP contribution in [0.25, 0.3) is 0 Å². The third-order valence-electron chi connectivity index (χ3n) is 11.4. The van der Waals surface area contributed by atoms with Gasteiger partial charge in [0.15, 0.2) is 0 Å². The molecule has 154 valence electrons. The van der Waals surface area contributed by atoms with Gasteiger partial charge in [0.1, 0.15) is 0 Å². The maximum atomic E-state index is 10.5. The van der Waals surface area contributed by atoms with Crippen LogP contribution in [0.3, 0.4) is 0 Å². The fourth-order valence-electron chi connectivity index (χ4n) is 9.69. The fourth-order valence-corrected chi connectivity index (χ4v) is 9.69. The molecule has 0 aliphatic heterocycles. The third kappa shape index (κ3) is 2.72. The zero-order valence-electron chi connectivity index (χ0n) is 18.4. The highest BCUT2D eigenvalue weighted by molar-refractivity contribution is 5.12. The minimum absolute atomic E-state index is 0.00371. The van der Waals surface area contributed by atoms with Gasteiger partial charge in [-0.3, -0.25) is 0 Å². The molecule has 0 bridgehead atoms. The average Bonchev–Trinajstić information content (AvgIpc) is 3.42. The van der Waals surface area contributed by atoms with Crippen LogP contribution in [0, 0.1) is 58.2 Å². The molecule has 0 radical (unpaired) electrons. The molecule has 1 heteroatoms. The van der Waals surface area contributed by atoms with E-state index in [9.17, 15) is 5.11 Å². The summed E-state index contributed by atoms with van der Waals surface area (Å²) >= 11 is 0. The quantitative estimate of drug-likeness (QED) is 0.585. The SMILES string of the molecule is CCC(C)C1CCC2C3CC(C4CC4)C4CC(O)CCC4(C)C3CCC12C. The maximum Gasteiger partial charge on any atom is 0.0543 e. The van der Waals surface area contributed by atoms with Crippen LogP contribution in [-0.2, 0) is 0 Å². The van der Waals surface area contributed by atoms with E-state index >= 15 is 0 Å². The fraction of sp³-hybridized carbons (Fsp3) is 1.00. The van der Waals surface area contributed by atoms with Crippen molar-refractivity contribution in [2.24, 2.45) is 58.2 Å². The van der Waals surface area contributed by atoms with Crippen molar-refractivity contribution < 1.29 is 5.11 Å². The van der Waals surface area contributed by atoms with Gasteiger partial charge in [-0.15, -0.1) is 0 Å². The molecule has 10 atom stereocenters. The predicted molar refractivity (Wildman–Crippen MR) is 112 cm³/mol. The van der Waals surface area contributed by atoms with Crippen molar-refractivity contribution in [1.29, 1.82) is 0 Å². The molecule has 1 nitrogen and oxygen atoms in total. The van der Waals surface area contributed by atoms with Gasteiger partial charge in [-0.2, -0.15) is 0 Å². The predicted octanol–water partition coefficient (Wildman–Crippen LogP) is 6.69. The molecule has 0 heterocycles. The van der Waals surface area contributed by atoms with Crippen molar-refractivity contribution in [3.05, 3.63) is 0 Å². The first-order valence-corrected chi connectivity index (χ1v) is 12.6. The normalized spacial score (nSPS) is 56.1. The Balaban J connectivity index is 1.47. The highest BCUT2D eigenvalue weighted by Gasteiger charge is 2.63. The van der Waals surface area contributed by atoms with Crippen molar-refractivity contribution in [3.8, 4) is 0 Å². The van der Waals surface area contributed by atoms with Gasteiger partial charge < -0.3 is 5.11 Å². The second-order valence-electron chi connectivity index (χ2n) is 12.3. The highest BCUT2D eigenvalue weighted by atomic mass is 16.3. The van der Waals surface area contributed by atoms with Crippen molar-refractivity contribution in [2.45, 2.75) is 104 Å². The Morgan fingerprint density at radius 2 is 1.52 bits per heavy atom. The molecular weight excluding hydrogens is 328 g/mol. The van der Waals surface area contributed by atoms with E-state index < -0.39 is 0 Å². The molecule has 5 rings (SSSR count). The molecule has 1 N–H and O–H groups in total. The summed E-state index contributed by atoms with van der Waals surface area (Å²) in [5.74, 6) is 7.63. The Bertz CT molecular complexity index is 567. The van der Waals surface area contributed by atoms with E-state index in [1.54, 1.807) is 0 Å². The summed E-state index contributed by atoms with van der Waals surface area (Å²) in [6, 6.07) is 0. The molecule has 27 heavy (non-hydrogen) atoms. The van der Waals surface area contributed by atoms with E-state index in [0.717, 1.165) is 60.2 Å². The molecule has 5 aliphatic carbocycles. The maximum absolute atomic E-state index is 10.5. The topological polar surface area (TPSA) is 20.2 Å². The van der Waals surface area contributed by atoms with Crippen LogP contribution in [0.2, 0.25) is 0 Å². The lowest BCUT2D eigenvalue weighted by Gasteiger charge is -2.63. The second kappa shape index (κ2) is 6.48. The first kappa shape index (κ1) is 19.0. The van der Waals surface area contributed by atoms with Crippen LogP contribution < -0.4 is 0 Å². The zero-order chi connectivity index (χ0) is 19.0. The van der Waals surface area contributed by atoms with Crippen LogP contribution in [0.1, 0.15) is 98.3 Å². The Labute approximate surface area is 168 Å². The van der Waals surface area contributed by atoms with Crippen molar-refractivity contribution in [2.75, 3.05) is 0 Å². The number of rotatable bonds is 3. The number of aliphatic hydroxyl groups is 1. The number of hydrogen-bond donors (Lipinski definition) is 1.